The highest BCUT2D eigenvalue weighted by molar-refractivity contribution is 6.35. The number of nitrogens with zero attached hydrogens (tertiary/aromatic N) is 2. The number of hydrogen-bond donors (Lipinski definition) is 0. The molecule has 5 nitrogen and oxygen atoms in total. The molecule has 1 aliphatic heterocycles. The van der Waals surface area contributed by atoms with E-state index in [0.29, 0.717) is 26.1 Å². The zero-order valence-corrected chi connectivity index (χ0v) is 9.86. The molecule has 0 spiro atoms. The molecule has 90 valence electrons. The van der Waals surface area contributed by atoms with Gasteiger partial charge in [-0.3, -0.25) is 14.4 Å². The molecule has 2 amide bonds. The van der Waals surface area contributed by atoms with E-state index in [1.54, 1.807) is 11.8 Å². The summed E-state index contributed by atoms with van der Waals surface area (Å²) in [5, 5.41) is 0. The lowest BCUT2D eigenvalue weighted by atomic mass is 10.2. The van der Waals surface area contributed by atoms with E-state index in [4.69, 9.17) is 0 Å². The molecule has 5 heteroatoms. The molecule has 1 heterocycles. The Kier molecular flexibility index (Phi) is 4.46. The molecule has 1 saturated heterocycles. The minimum absolute atomic E-state index is 0.00917. The van der Waals surface area contributed by atoms with Gasteiger partial charge in [0.25, 0.3) is 0 Å². The van der Waals surface area contributed by atoms with E-state index in [2.05, 4.69) is 0 Å². The SMILES string of the molecule is CCCN1CCN(CC(=O)CC)C(=O)C1=O. The maximum absolute atomic E-state index is 11.6. The smallest absolute Gasteiger partial charge is 0.312 e. The van der Waals surface area contributed by atoms with Gasteiger partial charge in [0.05, 0.1) is 6.54 Å². The average molecular weight is 226 g/mol. The Morgan fingerprint density at radius 1 is 1.12 bits per heavy atom. The van der Waals surface area contributed by atoms with Crippen LogP contribution in [0.2, 0.25) is 0 Å². The summed E-state index contributed by atoms with van der Waals surface area (Å²) in [6, 6.07) is 0. The monoisotopic (exact) mass is 226 g/mol. The Morgan fingerprint density at radius 2 is 1.69 bits per heavy atom. The summed E-state index contributed by atoms with van der Waals surface area (Å²) in [5.41, 5.74) is 0. The van der Waals surface area contributed by atoms with Gasteiger partial charge in [0.2, 0.25) is 0 Å². The maximum atomic E-state index is 11.6. The van der Waals surface area contributed by atoms with Crippen molar-refractivity contribution in [2.45, 2.75) is 26.7 Å². The molecule has 0 unspecified atom stereocenters. The fourth-order valence-corrected chi connectivity index (χ4v) is 1.67. The second-order valence-corrected chi connectivity index (χ2v) is 3.91. The number of Topliss-reactive ketones (excluding diaryl/α,β-unsaturated/α-hetero) is 1. The van der Waals surface area contributed by atoms with E-state index in [1.165, 1.54) is 4.90 Å². The number of hydrogen-bond acceptors (Lipinski definition) is 3. The standard InChI is InChI=1S/C11H18N2O3/c1-3-5-12-6-7-13(8-9(14)4-2)11(16)10(12)15/h3-8H2,1-2H3. The summed E-state index contributed by atoms with van der Waals surface area (Å²) >= 11 is 0. The predicted octanol–water partition coefficient (Wildman–Crippen LogP) is 0.0463. The van der Waals surface area contributed by atoms with Crippen LogP contribution in [0.4, 0.5) is 0 Å². The van der Waals surface area contributed by atoms with Crippen molar-refractivity contribution >= 4 is 17.6 Å². The van der Waals surface area contributed by atoms with Gasteiger partial charge >= 0.3 is 11.8 Å². The fraction of sp³-hybridized carbons (Fsp3) is 0.727. The van der Waals surface area contributed by atoms with Crippen LogP contribution in [0, 0.1) is 0 Å². The second-order valence-electron chi connectivity index (χ2n) is 3.91. The molecule has 16 heavy (non-hydrogen) atoms. The lowest BCUT2D eigenvalue weighted by Crippen LogP contribution is -2.55. The molecule has 0 atom stereocenters. The first kappa shape index (κ1) is 12.7. The number of ketones is 1. The quantitative estimate of drug-likeness (QED) is 0.622. The highest BCUT2D eigenvalue weighted by Gasteiger charge is 2.32. The van der Waals surface area contributed by atoms with Gasteiger partial charge in [-0.1, -0.05) is 13.8 Å². The molecule has 0 radical (unpaired) electrons. The highest BCUT2D eigenvalue weighted by atomic mass is 16.2. The third-order valence-corrected chi connectivity index (χ3v) is 2.65. The molecular weight excluding hydrogens is 208 g/mol. The van der Waals surface area contributed by atoms with Crippen molar-refractivity contribution in [2.24, 2.45) is 0 Å². The van der Waals surface area contributed by atoms with Gasteiger partial charge in [0.15, 0.2) is 5.78 Å². The summed E-state index contributed by atoms with van der Waals surface area (Å²) in [6.45, 7) is 5.40. The fourth-order valence-electron chi connectivity index (χ4n) is 1.67. The Morgan fingerprint density at radius 3 is 2.25 bits per heavy atom. The van der Waals surface area contributed by atoms with Crippen molar-refractivity contribution in [3.8, 4) is 0 Å². The Balaban J connectivity index is 2.58. The molecule has 0 aromatic heterocycles. The van der Waals surface area contributed by atoms with Crippen LogP contribution in [0.1, 0.15) is 26.7 Å². The first-order valence-electron chi connectivity index (χ1n) is 5.70. The number of amides is 2. The molecule has 0 aliphatic carbocycles. The van der Waals surface area contributed by atoms with Crippen molar-refractivity contribution in [1.82, 2.24) is 9.80 Å². The summed E-state index contributed by atoms with van der Waals surface area (Å²) < 4.78 is 0. The van der Waals surface area contributed by atoms with Gasteiger partial charge in [-0.05, 0) is 6.42 Å². The van der Waals surface area contributed by atoms with E-state index in [1.807, 2.05) is 6.92 Å². The maximum Gasteiger partial charge on any atom is 0.312 e. The number of piperazine rings is 1. The van der Waals surface area contributed by atoms with E-state index < -0.39 is 11.8 Å². The first-order valence-corrected chi connectivity index (χ1v) is 5.70. The van der Waals surface area contributed by atoms with Crippen LogP contribution in [-0.2, 0) is 14.4 Å². The van der Waals surface area contributed by atoms with Gasteiger partial charge in [-0.2, -0.15) is 0 Å². The molecule has 1 aliphatic rings. The predicted molar refractivity (Wildman–Crippen MR) is 58.7 cm³/mol. The van der Waals surface area contributed by atoms with Gasteiger partial charge in [-0.25, -0.2) is 0 Å². The van der Waals surface area contributed by atoms with Crippen molar-refractivity contribution in [3.63, 3.8) is 0 Å². The largest absolute Gasteiger partial charge is 0.333 e. The summed E-state index contributed by atoms with van der Waals surface area (Å²) in [5.74, 6) is -1.02. The summed E-state index contributed by atoms with van der Waals surface area (Å²) in [7, 11) is 0. The average Bonchev–Trinajstić information content (AvgIpc) is 2.28. The van der Waals surface area contributed by atoms with Crippen molar-refractivity contribution in [2.75, 3.05) is 26.2 Å². The van der Waals surface area contributed by atoms with Crippen molar-refractivity contribution in [3.05, 3.63) is 0 Å². The molecule has 0 bridgehead atoms. The van der Waals surface area contributed by atoms with Crippen molar-refractivity contribution in [1.29, 1.82) is 0 Å². The minimum Gasteiger partial charge on any atom is -0.333 e. The molecule has 0 aromatic rings. The van der Waals surface area contributed by atoms with E-state index in [0.717, 1.165) is 6.42 Å². The molecule has 0 N–H and O–H groups in total. The summed E-state index contributed by atoms with van der Waals surface area (Å²) in [4.78, 5) is 37.4. The second kappa shape index (κ2) is 5.63. The molecular formula is C11H18N2O3. The number of carbonyl (C=O) groups is 3. The van der Waals surface area contributed by atoms with E-state index >= 15 is 0 Å². The lowest BCUT2D eigenvalue weighted by Gasteiger charge is -2.33. The van der Waals surface area contributed by atoms with Crippen LogP contribution in [0.25, 0.3) is 0 Å². The zero-order valence-electron chi connectivity index (χ0n) is 9.86. The lowest BCUT2D eigenvalue weighted by molar-refractivity contribution is -0.156. The third kappa shape index (κ3) is 2.81. The van der Waals surface area contributed by atoms with Crippen LogP contribution in [0.3, 0.4) is 0 Å². The van der Waals surface area contributed by atoms with Crippen LogP contribution in [0.5, 0.6) is 0 Å². The Bertz CT molecular complexity index is 302. The zero-order chi connectivity index (χ0) is 12.1. The topological polar surface area (TPSA) is 57.7 Å². The molecule has 0 saturated carbocycles. The highest BCUT2D eigenvalue weighted by Crippen LogP contribution is 2.06. The van der Waals surface area contributed by atoms with Gasteiger partial charge < -0.3 is 9.80 Å². The number of rotatable bonds is 5. The van der Waals surface area contributed by atoms with Crippen LogP contribution >= 0.6 is 0 Å². The van der Waals surface area contributed by atoms with E-state index in [-0.39, 0.29) is 12.3 Å². The van der Waals surface area contributed by atoms with E-state index in [9.17, 15) is 14.4 Å². The Labute approximate surface area is 95.4 Å². The summed E-state index contributed by atoms with van der Waals surface area (Å²) in [6.07, 6.45) is 1.24. The minimum atomic E-state index is -0.540. The van der Waals surface area contributed by atoms with Crippen molar-refractivity contribution < 1.29 is 14.4 Å². The van der Waals surface area contributed by atoms with Crippen LogP contribution < -0.4 is 0 Å². The first-order chi connectivity index (χ1) is 7.60. The van der Waals surface area contributed by atoms with Crippen LogP contribution in [-0.4, -0.2) is 53.6 Å². The molecule has 1 rings (SSSR count). The van der Waals surface area contributed by atoms with Crippen LogP contribution in [0.15, 0.2) is 0 Å². The van der Waals surface area contributed by atoms with Gasteiger partial charge in [0.1, 0.15) is 0 Å². The van der Waals surface area contributed by atoms with Gasteiger partial charge in [0, 0.05) is 26.1 Å². The normalized spacial score (nSPS) is 16.9. The Hall–Kier alpha value is -1.39. The molecule has 1 fully saturated rings. The molecule has 0 aromatic carbocycles. The third-order valence-electron chi connectivity index (χ3n) is 2.65. The van der Waals surface area contributed by atoms with Gasteiger partial charge in [-0.15, -0.1) is 0 Å². The number of carbonyl (C=O) groups excluding carboxylic acids is 3.